The van der Waals surface area contributed by atoms with Crippen LogP contribution < -0.4 is 0 Å². The summed E-state index contributed by atoms with van der Waals surface area (Å²) in [5.74, 6) is 0.322. The zero-order valence-electron chi connectivity index (χ0n) is 7.83. The molecule has 0 aliphatic rings. The Kier molecular flexibility index (Phi) is 13.6. The van der Waals surface area contributed by atoms with E-state index in [-0.39, 0.29) is 0 Å². The van der Waals surface area contributed by atoms with Gasteiger partial charge in [0.2, 0.25) is 0 Å². The van der Waals surface area contributed by atoms with Gasteiger partial charge in [0.25, 0.3) is 0 Å². The summed E-state index contributed by atoms with van der Waals surface area (Å²) in [5, 5.41) is 8.63. The van der Waals surface area contributed by atoms with Crippen LogP contribution in [0.5, 0.6) is 5.75 Å². The Labute approximate surface area is 69.7 Å². The summed E-state index contributed by atoms with van der Waals surface area (Å²) in [5.41, 5.74) is 0. The van der Waals surface area contributed by atoms with E-state index >= 15 is 0 Å². The molecule has 0 unspecified atom stereocenters. The van der Waals surface area contributed by atoms with Crippen molar-refractivity contribution in [1.82, 2.24) is 0 Å². The number of aromatic hydroxyl groups is 1. The SMILES string of the molecule is CC.CC.Oc1ccccc1. The van der Waals surface area contributed by atoms with Crippen molar-refractivity contribution in [3.63, 3.8) is 0 Å². The standard InChI is InChI=1S/C6H6O.2C2H6/c7-6-4-2-1-3-5-6;2*1-2/h1-5,7H;2*1-2H3. The minimum Gasteiger partial charge on any atom is -0.508 e. The molecule has 1 rings (SSSR count). The molecule has 0 aromatic heterocycles. The lowest BCUT2D eigenvalue weighted by Gasteiger charge is -1.82. The molecule has 11 heavy (non-hydrogen) atoms. The number of phenolic OH excluding ortho intramolecular Hbond substituents is 1. The molecule has 0 saturated carbocycles. The highest BCUT2D eigenvalue weighted by Crippen LogP contribution is 2.02. The van der Waals surface area contributed by atoms with Gasteiger partial charge >= 0.3 is 0 Å². The van der Waals surface area contributed by atoms with E-state index in [2.05, 4.69) is 0 Å². The fraction of sp³-hybridized carbons (Fsp3) is 0.400. The van der Waals surface area contributed by atoms with Crippen LogP contribution in [0.25, 0.3) is 0 Å². The Hall–Kier alpha value is -0.980. The molecule has 1 N–H and O–H groups in total. The maximum atomic E-state index is 8.63. The lowest BCUT2D eigenvalue weighted by atomic mass is 10.3. The quantitative estimate of drug-likeness (QED) is 0.607. The van der Waals surface area contributed by atoms with Crippen molar-refractivity contribution in [2.45, 2.75) is 27.7 Å². The third-order valence-corrected chi connectivity index (χ3v) is 0.756. The first-order chi connectivity index (χ1) is 5.39. The zero-order chi connectivity index (χ0) is 9.11. The molecule has 0 amide bonds. The van der Waals surface area contributed by atoms with Crippen LogP contribution in [-0.2, 0) is 0 Å². The van der Waals surface area contributed by atoms with Gasteiger partial charge in [0.05, 0.1) is 0 Å². The largest absolute Gasteiger partial charge is 0.508 e. The molecule has 1 nitrogen and oxygen atoms in total. The molecule has 1 aromatic carbocycles. The van der Waals surface area contributed by atoms with E-state index in [1.54, 1.807) is 24.3 Å². The first-order valence-corrected chi connectivity index (χ1v) is 4.13. The van der Waals surface area contributed by atoms with E-state index in [0.717, 1.165) is 0 Å². The number of hydrogen-bond donors (Lipinski definition) is 1. The van der Waals surface area contributed by atoms with Crippen LogP contribution in [0.3, 0.4) is 0 Å². The van der Waals surface area contributed by atoms with Crippen LogP contribution in [0.1, 0.15) is 27.7 Å². The van der Waals surface area contributed by atoms with Crippen LogP contribution in [-0.4, -0.2) is 5.11 Å². The van der Waals surface area contributed by atoms with Gasteiger partial charge in [0.15, 0.2) is 0 Å². The average Bonchev–Trinajstić information content (AvgIpc) is 2.13. The number of phenols is 1. The van der Waals surface area contributed by atoms with Gasteiger partial charge in [0, 0.05) is 0 Å². The fourth-order valence-corrected chi connectivity index (χ4v) is 0.428. The minimum absolute atomic E-state index is 0.322. The van der Waals surface area contributed by atoms with Crippen molar-refractivity contribution in [3.8, 4) is 5.75 Å². The molecule has 0 spiro atoms. The molecule has 0 aliphatic carbocycles. The van der Waals surface area contributed by atoms with Gasteiger partial charge in [-0.1, -0.05) is 45.9 Å². The van der Waals surface area contributed by atoms with Gasteiger partial charge in [-0.25, -0.2) is 0 Å². The summed E-state index contributed by atoms with van der Waals surface area (Å²) in [6, 6.07) is 8.71. The summed E-state index contributed by atoms with van der Waals surface area (Å²) in [7, 11) is 0. The first-order valence-electron chi connectivity index (χ1n) is 4.13. The van der Waals surface area contributed by atoms with E-state index in [1.165, 1.54) is 0 Å². The molecule has 1 aromatic rings. The zero-order valence-corrected chi connectivity index (χ0v) is 7.83. The van der Waals surface area contributed by atoms with Gasteiger partial charge < -0.3 is 5.11 Å². The Morgan fingerprint density at radius 1 is 0.818 bits per heavy atom. The van der Waals surface area contributed by atoms with Crippen molar-refractivity contribution in [2.75, 3.05) is 0 Å². The van der Waals surface area contributed by atoms with Gasteiger partial charge in [0.1, 0.15) is 5.75 Å². The van der Waals surface area contributed by atoms with Crippen molar-refractivity contribution in [3.05, 3.63) is 30.3 Å². The third kappa shape index (κ3) is 9.02. The summed E-state index contributed by atoms with van der Waals surface area (Å²) in [6.07, 6.45) is 0. The van der Waals surface area contributed by atoms with Crippen molar-refractivity contribution in [2.24, 2.45) is 0 Å². The highest BCUT2D eigenvalue weighted by atomic mass is 16.3. The van der Waals surface area contributed by atoms with E-state index < -0.39 is 0 Å². The topological polar surface area (TPSA) is 20.2 Å². The van der Waals surface area contributed by atoms with E-state index in [0.29, 0.717) is 5.75 Å². The lowest BCUT2D eigenvalue weighted by Crippen LogP contribution is -1.56. The van der Waals surface area contributed by atoms with Gasteiger partial charge in [-0.05, 0) is 12.1 Å². The summed E-state index contributed by atoms with van der Waals surface area (Å²) >= 11 is 0. The summed E-state index contributed by atoms with van der Waals surface area (Å²) in [6.45, 7) is 8.00. The highest BCUT2D eigenvalue weighted by molar-refractivity contribution is 5.18. The molecular formula is C10H18O. The maximum absolute atomic E-state index is 8.63. The van der Waals surface area contributed by atoms with Gasteiger partial charge in [-0.3, -0.25) is 0 Å². The van der Waals surface area contributed by atoms with Gasteiger partial charge in [-0.2, -0.15) is 0 Å². The molecule has 0 radical (unpaired) electrons. The summed E-state index contributed by atoms with van der Waals surface area (Å²) in [4.78, 5) is 0. The Balaban J connectivity index is 0. The van der Waals surface area contributed by atoms with Crippen LogP contribution in [0, 0.1) is 0 Å². The molecule has 64 valence electrons. The van der Waals surface area contributed by atoms with E-state index in [4.69, 9.17) is 5.11 Å². The van der Waals surface area contributed by atoms with E-state index in [1.807, 2.05) is 33.8 Å². The molecular weight excluding hydrogens is 136 g/mol. The van der Waals surface area contributed by atoms with Crippen LogP contribution in [0.2, 0.25) is 0 Å². The van der Waals surface area contributed by atoms with Crippen LogP contribution in [0.15, 0.2) is 30.3 Å². The molecule has 0 saturated heterocycles. The molecule has 0 bridgehead atoms. The Morgan fingerprint density at radius 2 is 1.18 bits per heavy atom. The monoisotopic (exact) mass is 154 g/mol. The predicted octanol–water partition coefficient (Wildman–Crippen LogP) is 3.44. The Morgan fingerprint density at radius 3 is 1.36 bits per heavy atom. The van der Waals surface area contributed by atoms with Crippen molar-refractivity contribution in [1.29, 1.82) is 0 Å². The second-order valence-corrected chi connectivity index (χ2v) is 1.34. The molecule has 1 heteroatoms. The fourth-order valence-electron chi connectivity index (χ4n) is 0.428. The molecule has 0 atom stereocenters. The second-order valence-electron chi connectivity index (χ2n) is 1.34. The second kappa shape index (κ2) is 11.8. The van der Waals surface area contributed by atoms with Crippen molar-refractivity contribution >= 4 is 0 Å². The predicted molar refractivity (Wildman–Crippen MR) is 50.8 cm³/mol. The summed E-state index contributed by atoms with van der Waals surface area (Å²) < 4.78 is 0. The first kappa shape index (κ1) is 12.7. The molecule has 0 heterocycles. The van der Waals surface area contributed by atoms with Gasteiger partial charge in [-0.15, -0.1) is 0 Å². The molecule has 0 fully saturated rings. The number of benzene rings is 1. The minimum atomic E-state index is 0.322. The average molecular weight is 154 g/mol. The van der Waals surface area contributed by atoms with Crippen molar-refractivity contribution < 1.29 is 5.11 Å². The molecule has 0 aliphatic heterocycles. The normalized spacial score (nSPS) is 6.55. The third-order valence-electron chi connectivity index (χ3n) is 0.756. The number of rotatable bonds is 0. The number of para-hydroxylation sites is 1. The maximum Gasteiger partial charge on any atom is 0.115 e. The number of hydrogen-bond acceptors (Lipinski definition) is 1. The Bertz CT molecular complexity index is 135. The smallest absolute Gasteiger partial charge is 0.115 e. The highest BCUT2D eigenvalue weighted by Gasteiger charge is 1.74. The lowest BCUT2D eigenvalue weighted by molar-refractivity contribution is 0.475. The van der Waals surface area contributed by atoms with E-state index in [9.17, 15) is 0 Å². The van der Waals surface area contributed by atoms with Crippen LogP contribution >= 0.6 is 0 Å². The van der Waals surface area contributed by atoms with Crippen LogP contribution in [0.4, 0.5) is 0 Å².